The molecule has 1 saturated carbocycles. The van der Waals surface area contributed by atoms with Crippen LogP contribution in [-0.4, -0.2) is 32.8 Å². The van der Waals surface area contributed by atoms with Crippen LogP contribution in [0.25, 0.3) is 0 Å². The Balaban J connectivity index is 2.24. The maximum atomic E-state index is 12.7. The second kappa shape index (κ2) is 6.18. The molecule has 0 aromatic heterocycles. The molecule has 0 heterocycles. The molecule has 0 radical (unpaired) electrons. The summed E-state index contributed by atoms with van der Waals surface area (Å²) in [4.78, 5) is 12.7. The van der Waals surface area contributed by atoms with Crippen molar-refractivity contribution in [2.45, 2.75) is 37.9 Å². The van der Waals surface area contributed by atoms with E-state index in [9.17, 15) is 13.2 Å². The Morgan fingerprint density at radius 2 is 2.00 bits per heavy atom. The Morgan fingerprint density at radius 3 is 2.62 bits per heavy atom. The molecule has 1 aromatic carbocycles. The smallest absolute Gasteiger partial charge is 0.169 e. The van der Waals surface area contributed by atoms with Crippen LogP contribution in [-0.2, 0) is 9.84 Å². The van der Waals surface area contributed by atoms with Gasteiger partial charge in [-0.15, -0.1) is 0 Å². The summed E-state index contributed by atoms with van der Waals surface area (Å²) in [5.74, 6) is 0.344. The van der Waals surface area contributed by atoms with Crippen LogP contribution < -0.4 is 4.74 Å². The van der Waals surface area contributed by atoms with Crippen LogP contribution in [0.1, 0.15) is 41.6 Å². The molecule has 2 atom stereocenters. The molecule has 4 nitrogen and oxygen atoms in total. The lowest BCUT2D eigenvalue weighted by atomic mass is 9.83. The number of hydrogen-bond donors (Lipinski definition) is 0. The van der Waals surface area contributed by atoms with Crippen molar-refractivity contribution in [2.24, 2.45) is 5.92 Å². The van der Waals surface area contributed by atoms with Crippen molar-refractivity contribution in [3.05, 3.63) is 29.3 Å². The zero-order chi connectivity index (χ0) is 15.6. The van der Waals surface area contributed by atoms with Gasteiger partial charge in [-0.25, -0.2) is 8.42 Å². The highest BCUT2D eigenvalue weighted by atomic mass is 32.2. The van der Waals surface area contributed by atoms with Gasteiger partial charge in [0.2, 0.25) is 0 Å². The van der Waals surface area contributed by atoms with E-state index in [0.29, 0.717) is 24.2 Å². The molecule has 21 heavy (non-hydrogen) atoms. The van der Waals surface area contributed by atoms with Crippen molar-refractivity contribution in [3.8, 4) is 5.75 Å². The predicted molar refractivity (Wildman–Crippen MR) is 82.7 cm³/mol. The average Bonchev–Trinajstić information content (AvgIpc) is 2.45. The second-order valence-corrected chi connectivity index (χ2v) is 8.21. The van der Waals surface area contributed by atoms with Gasteiger partial charge in [0.15, 0.2) is 5.78 Å². The van der Waals surface area contributed by atoms with Gasteiger partial charge in [-0.3, -0.25) is 4.79 Å². The van der Waals surface area contributed by atoms with Crippen LogP contribution in [0.3, 0.4) is 0 Å². The Labute approximate surface area is 126 Å². The molecule has 0 spiro atoms. The molecule has 0 N–H and O–H groups in total. The van der Waals surface area contributed by atoms with Crippen LogP contribution in [0.4, 0.5) is 0 Å². The van der Waals surface area contributed by atoms with Gasteiger partial charge in [-0.2, -0.15) is 0 Å². The molecule has 1 aromatic rings. The number of sulfone groups is 1. The van der Waals surface area contributed by atoms with Gasteiger partial charge in [-0.05, 0) is 43.9 Å². The molecule has 2 unspecified atom stereocenters. The number of carbonyl (C=O) groups is 1. The van der Waals surface area contributed by atoms with Gasteiger partial charge < -0.3 is 4.74 Å². The summed E-state index contributed by atoms with van der Waals surface area (Å²) in [6.45, 7) is 1.94. The fourth-order valence-corrected chi connectivity index (χ4v) is 4.17. The SMILES string of the molecule is COc1cc(C)ccc1C(=O)C1CCCC(S(C)(=O)=O)C1. The van der Waals surface area contributed by atoms with E-state index in [1.807, 2.05) is 19.1 Å². The number of Topliss-reactive ketones (excluding diaryl/α,β-unsaturated/α-hetero) is 1. The topological polar surface area (TPSA) is 60.4 Å². The predicted octanol–water partition coefficient (Wildman–Crippen LogP) is 2.79. The summed E-state index contributed by atoms with van der Waals surface area (Å²) in [5.41, 5.74) is 1.59. The van der Waals surface area contributed by atoms with Crippen LogP contribution in [0.2, 0.25) is 0 Å². The Kier molecular flexibility index (Phi) is 4.71. The van der Waals surface area contributed by atoms with Gasteiger partial charge in [-0.1, -0.05) is 12.5 Å². The van der Waals surface area contributed by atoms with E-state index < -0.39 is 15.1 Å². The molecule has 5 heteroatoms. The van der Waals surface area contributed by atoms with Crippen LogP contribution in [0, 0.1) is 12.8 Å². The summed E-state index contributed by atoms with van der Waals surface area (Å²) >= 11 is 0. The second-order valence-electron chi connectivity index (χ2n) is 5.88. The van der Waals surface area contributed by atoms with E-state index in [4.69, 9.17) is 4.74 Å². The molecular formula is C16H22O4S. The molecule has 0 amide bonds. The van der Waals surface area contributed by atoms with Gasteiger partial charge in [0, 0.05) is 12.2 Å². The lowest BCUT2D eigenvalue weighted by Gasteiger charge is -2.27. The number of ketones is 1. The molecule has 0 aliphatic heterocycles. The van der Waals surface area contributed by atoms with Crippen molar-refractivity contribution < 1.29 is 17.9 Å². The van der Waals surface area contributed by atoms with E-state index in [0.717, 1.165) is 18.4 Å². The van der Waals surface area contributed by atoms with Crippen molar-refractivity contribution >= 4 is 15.6 Å². The highest BCUT2D eigenvalue weighted by Crippen LogP contribution is 2.33. The number of benzene rings is 1. The van der Waals surface area contributed by atoms with E-state index in [1.165, 1.54) is 6.26 Å². The Morgan fingerprint density at radius 1 is 1.29 bits per heavy atom. The maximum Gasteiger partial charge on any atom is 0.169 e. The molecular weight excluding hydrogens is 288 g/mol. The third-order valence-electron chi connectivity index (χ3n) is 4.22. The zero-order valence-corrected chi connectivity index (χ0v) is 13.6. The van der Waals surface area contributed by atoms with E-state index in [-0.39, 0.29) is 11.7 Å². The van der Waals surface area contributed by atoms with Crippen LogP contribution in [0.15, 0.2) is 18.2 Å². The number of aryl methyl sites for hydroxylation is 1. The monoisotopic (exact) mass is 310 g/mol. The highest BCUT2D eigenvalue weighted by molar-refractivity contribution is 7.91. The maximum absolute atomic E-state index is 12.7. The lowest BCUT2D eigenvalue weighted by Crippen LogP contribution is -2.31. The Hall–Kier alpha value is -1.36. The van der Waals surface area contributed by atoms with Gasteiger partial charge in [0.05, 0.1) is 17.9 Å². The van der Waals surface area contributed by atoms with E-state index in [2.05, 4.69) is 0 Å². The minimum Gasteiger partial charge on any atom is -0.496 e. The van der Waals surface area contributed by atoms with Crippen LogP contribution in [0.5, 0.6) is 5.75 Å². The summed E-state index contributed by atoms with van der Waals surface area (Å²) in [7, 11) is -1.53. The first-order valence-electron chi connectivity index (χ1n) is 7.20. The highest BCUT2D eigenvalue weighted by Gasteiger charge is 2.33. The van der Waals surface area contributed by atoms with Gasteiger partial charge in [0.25, 0.3) is 0 Å². The first-order chi connectivity index (χ1) is 9.82. The van der Waals surface area contributed by atoms with E-state index >= 15 is 0 Å². The summed E-state index contributed by atoms with van der Waals surface area (Å²) in [6.07, 6.45) is 3.88. The number of ether oxygens (including phenoxy) is 1. The number of rotatable bonds is 4. The number of methoxy groups -OCH3 is 1. The third kappa shape index (κ3) is 3.64. The number of carbonyl (C=O) groups excluding carboxylic acids is 1. The third-order valence-corrected chi connectivity index (χ3v) is 5.86. The molecule has 1 fully saturated rings. The standard InChI is InChI=1S/C16H22O4S/c1-11-7-8-14(15(9-11)20-2)16(17)12-5-4-6-13(10-12)21(3,18)19/h7-9,12-13H,4-6,10H2,1-3H3. The van der Waals surface area contributed by atoms with Gasteiger partial charge >= 0.3 is 0 Å². The first-order valence-corrected chi connectivity index (χ1v) is 9.16. The fraction of sp³-hybridized carbons (Fsp3) is 0.562. The lowest BCUT2D eigenvalue weighted by molar-refractivity contribution is 0.0888. The minimum atomic E-state index is -3.08. The molecule has 0 bridgehead atoms. The number of hydrogen-bond acceptors (Lipinski definition) is 4. The zero-order valence-electron chi connectivity index (χ0n) is 12.8. The summed E-state index contributed by atoms with van der Waals surface area (Å²) in [6, 6.07) is 5.50. The summed E-state index contributed by atoms with van der Waals surface area (Å²) in [5, 5.41) is -0.392. The van der Waals surface area contributed by atoms with Crippen molar-refractivity contribution in [2.75, 3.05) is 13.4 Å². The molecule has 2 rings (SSSR count). The molecule has 0 saturated heterocycles. The van der Waals surface area contributed by atoms with Crippen molar-refractivity contribution in [1.82, 2.24) is 0 Å². The van der Waals surface area contributed by atoms with Crippen molar-refractivity contribution in [1.29, 1.82) is 0 Å². The minimum absolute atomic E-state index is 0.000185. The van der Waals surface area contributed by atoms with Crippen LogP contribution >= 0.6 is 0 Å². The van der Waals surface area contributed by atoms with E-state index in [1.54, 1.807) is 13.2 Å². The van der Waals surface area contributed by atoms with Gasteiger partial charge in [0.1, 0.15) is 15.6 Å². The van der Waals surface area contributed by atoms with Crippen molar-refractivity contribution in [3.63, 3.8) is 0 Å². The molecule has 116 valence electrons. The quantitative estimate of drug-likeness (QED) is 0.802. The first kappa shape index (κ1) is 16.0. The largest absolute Gasteiger partial charge is 0.496 e. The average molecular weight is 310 g/mol. The normalized spacial score (nSPS) is 22.8. The molecule has 1 aliphatic rings. The fourth-order valence-electron chi connectivity index (χ4n) is 2.99. The molecule has 1 aliphatic carbocycles. The summed E-state index contributed by atoms with van der Waals surface area (Å²) < 4.78 is 28.7. The Bertz CT molecular complexity index is 634.